The van der Waals surface area contributed by atoms with E-state index in [1.165, 1.54) is 0 Å². The molecular formula is C25H24N4O2. The van der Waals surface area contributed by atoms with Crippen LogP contribution in [0.1, 0.15) is 16.1 Å². The SMILES string of the molecule is COc1ccc2c(c1)NCCN(C(=O)c1ccc3ncccc3c1)CCc1cccn1-2. The standard InChI is InChI=1S/C25H24N4O2/c1-31-21-7-9-24-23(17-21)27-12-15-28(14-10-20-5-3-13-29(20)24)25(30)19-6-8-22-18(16-19)4-2-11-26-22/h2-9,11,13,16-17,27H,10,12,14-15H2,1H3. The molecule has 1 N–H and O–H groups in total. The number of carbonyl (C=O) groups excluding carboxylic acids is 1. The van der Waals surface area contributed by atoms with Crippen LogP contribution < -0.4 is 10.1 Å². The van der Waals surface area contributed by atoms with Crippen LogP contribution in [0.3, 0.4) is 0 Å². The number of carbonyl (C=O) groups is 1. The average molecular weight is 412 g/mol. The van der Waals surface area contributed by atoms with E-state index in [4.69, 9.17) is 4.74 Å². The Morgan fingerprint density at radius 3 is 2.90 bits per heavy atom. The van der Waals surface area contributed by atoms with Gasteiger partial charge in [-0.25, -0.2) is 0 Å². The number of aromatic nitrogens is 2. The molecule has 156 valence electrons. The Kier molecular flexibility index (Phi) is 5.04. The van der Waals surface area contributed by atoms with Crippen molar-refractivity contribution in [3.05, 3.63) is 84.3 Å². The molecule has 0 aliphatic carbocycles. The summed E-state index contributed by atoms with van der Waals surface area (Å²) in [7, 11) is 1.67. The number of fused-ring (bicyclic) bond motifs is 4. The minimum absolute atomic E-state index is 0.0390. The topological polar surface area (TPSA) is 59.4 Å². The van der Waals surface area contributed by atoms with Crippen molar-refractivity contribution in [1.29, 1.82) is 0 Å². The second kappa shape index (κ2) is 8.14. The number of pyridine rings is 1. The second-order valence-electron chi connectivity index (χ2n) is 7.63. The average Bonchev–Trinajstić information content (AvgIpc) is 3.29. The molecule has 5 rings (SSSR count). The van der Waals surface area contributed by atoms with Crippen molar-refractivity contribution in [2.45, 2.75) is 6.42 Å². The van der Waals surface area contributed by atoms with E-state index in [-0.39, 0.29) is 5.91 Å². The quantitative estimate of drug-likeness (QED) is 0.538. The fourth-order valence-electron chi connectivity index (χ4n) is 4.13. The van der Waals surface area contributed by atoms with Gasteiger partial charge in [-0.1, -0.05) is 6.07 Å². The largest absolute Gasteiger partial charge is 0.497 e. The normalized spacial score (nSPS) is 13.8. The second-order valence-corrected chi connectivity index (χ2v) is 7.63. The van der Waals surface area contributed by atoms with Crippen LogP contribution in [0, 0.1) is 0 Å². The summed E-state index contributed by atoms with van der Waals surface area (Å²) in [4.78, 5) is 19.6. The van der Waals surface area contributed by atoms with Gasteiger partial charge >= 0.3 is 0 Å². The Hall–Kier alpha value is -3.80. The number of nitrogens with one attached hydrogen (secondary N) is 1. The molecule has 6 heteroatoms. The Labute approximate surface area is 181 Å². The van der Waals surface area contributed by atoms with Crippen molar-refractivity contribution in [3.63, 3.8) is 0 Å². The van der Waals surface area contributed by atoms with E-state index < -0.39 is 0 Å². The number of nitrogens with zero attached hydrogens (tertiary/aromatic N) is 3. The number of rotatable bonds is 2. The van der Waals surface area contributed by atoms with Crippen LogP contribution in [-0.4, -0.2) is 47.1 Å². The lowest BCUT2D eigenvalue weighted by Gasteiger charge is -2.26. The van der Waals surface area contributed by atoms with Crippen molar-refractivity contribution in [2.75, 3.05) is 32.1 Å². The lowest BCUT2D eigenvalue weighted by molar-refractivity contribution is 0.0763. The fraction of sp³-hybridized carbons (Fsp3) is 0.200. The number of benzene rings is 2. The van der Waals surface area contributed by atoms with Gasteiger partial charge in [-0.2, -0.15) is 0 Å². The van der Waals surface area contributed by atoms with Crippen molar-refractivity contribution in [2.24, 2.45) is 0 Å². The number of ether oxygens (including phenoxy) is 1. The maximum atomic E-state index is 13.4. The first-order valence-corrected chi connectivity index (χ1v) is 10.5. The summed E-state index contributed by atoms with van der Waals surface area (Å²) in [5, 5.41) is 4.47. The van der Waals surface area contributed by atoms with Gasteiger partial charge in [0, 0.05) is 61.2 Å². The molecule has 1 aliphatic heterocycles. The molecule has 2 aromatic carbocycles. The summed E-state index contributed by atoms with van der Waals surface area (Å²) in [6.07, 6.45) is 4.61. The van der Waals surface area contributed by atoms with Crippen molar-refractivity contribution < 1.29 is 9.53 Å². The van der Waals surface area contributed by atoms with Gasteiger partial charge in [-0.15, -0.1) is 0 Å². The zero-order chi connectivity index (χ0) is 21.2. The Balaban J connectivity index is 1.45. The molecular weight excluding hydrogens is 388 g/mol. The molecule has 0 saturated heterocycles. The van der Waals surface area contributed by atoms with E-state index in [1.807, 2.05) is 53.4 Å². The fourth-order valence-corrected chi connectivity index (χ4v) is 4.13. The molecule has 3 heterocycles. The van der Waals surface area contributed by atoms with Gasteiger partial charge in [0.2, 0.25) is 0 Å². The first-order chi connectivity index (χ1) is 15.2. The van der Waals surface area contributed by atoms with E-state index in [1.54, 1.807) is 13.3 Å². The highest BCUT2D eigenvalue weighted by molar-refractivity contribution is 5.98. The third-order valence-corrected chi connectivity index (χ3v) is 5.77. The van der Waals surface area contributed by atoms with Crippen molar-refractivity contribution in [1.82, 2.24) is 14.5 Å². The molecule has 0 atom stereocenters. The van der Waals surface area contributed by atoms with Gasteiger partial charge in [0.25, 0.3) is 5.91 Å². The molecule has 2 aromatic heterocycles. The molecule has 0 fully saturated rings. The van der Waals surface area contributed by atoms with Crippen molar-refractivity contribution >= 4 is 22.5 Å². The summed E-state index contributed by atoms with van der Waals surface area (Å²) < 4.78 is 7.59. The lowest BCUT2D eigenvalue weighted by atomic mass is 10.1. The van der Waals surface area contributed by atoms with Crippen LogP contribution in [0.5, 0.6) is 5.75 Å². The third kappa shape index (κ3) is 3.72. The summed E-state index contributed by atoms with van der Waals surface area (Å²) in [5.74, 6) is 0.840. The molecule has 0 spiro atoms. The van der Waals surface area contributed by atoms with Gasteiger partial charge in [-0.3, -0.25) is 9.78 Å². The number of hydrogen-bond acceptors (Lipinski definition) is 4. The van der Waals surface area contributed by atoms with Gasteiger partial charge in [0.1, 0.15) is 5.75 Å². The minimum Gasteiger partial charge on any atom is -0.497 e. The maximum Gasteiger partial charge on any atom is 0.253 e. The summed E-state index contributed by atoms with van der Waals surface area (Å²) in [6, 6.07) is 19.8. The van der Waals surface area contributed by atoms with Crippen molar-refractivity contribution in [3.8, 4) is 11.4 Å². The number of methoxy groups -OCH3 is 1. The predicted molar refractivity (Wildman–Crippen MR) is 122 cm³/mol. The van der Waals surface area contributed by atoms with Crippen LogP contribution in [0.25, 0.3) is 16.6 Å². The maximum absolute atomic E-state index is 13.4. The molecule has 0 unspecified atom stereocenters. The molecule has 6 nitrogen and oxygen atoms in total. The van der Waals surface area contributed by atoms with E-state index in [0.717, 1.165) is 40.1 Å². The third-order valence-electron chi connectivity index (χ3n) is 5.77. The summed E-state index contributed by atoms with van der Waals surface area (Å²) >= 11 is 0. The summed E-state index contributed by atoms with van der Waals surface area (Å²) in [5.41, 5.74) is 4.82. The molecule has 31 heavy (non-hydrogen) atoms. The van der Waals surface area contributed by atoms with E-state index in [2.05, 4.69) is 33.2 Å². The Morgan fingerprint density at radius 1 is 1.06 bits per heavy atom. The highest BCUT2D eigenvalue weighted by Crippen LogP contribution is 2.28. The number of hydrogen-bond donors (Lipinski definition) is 1. The Bertz CT molecular complexity index is 1250. The summed E-state index contributed by atoms with van der Waals surface area (Å²) in [6.45, 7) is 1.92. The van der Waals surface area contributed by atoms with E-state index in [0.29, 0.717) is 25.2 Å². The predicted octanol–water partition coefficient (Wildman–Crippen LogP) is 4.14. The van der Waals surface area contributed by atoms with Gasteiger partial charge in [-0.05, 0) is 48.5 Å². The Morgan fingerprint density at radius 2 is 2.00 bits per heavy atom. The van der Waals surface area contributed by atoms with Crippen LogP contribution in [0.4, 0.5) is 5.69 Å². The van der Waals surface area contributed by atoms with Gasteiger partial charge in [0.15, 0.2) is 0 Å². The molecule has 1 aliphatic rings. The van der Waals surface area contributed by atoms with Crippen LogP contribution in [0.15, 0.2) is 73.1 Å². The van der Waals surface area contributed by atoms with Crippen LogP contribution >= 0.6 is 0 Å². The number of amides is 1. The number of anilines is 1. The first-order valence-electron chi connectivity index (χ1n) is 10.5. The zero-order valence-electron chi connectivity index (χ0n) is 17.4. The van der Waals surface area contributed by atoms with Crippen LogP contribution in [-0.2, 0) is 6.42 Å². The zero-order valence-corrected chi connectivity index (χ0v) is 17.4. The highest BCUT2D eigenvalue weighted by Gasteiger charge is 2.19. The van der Waals surface area contributed by atoms with Gasteiger partial charge in [0.05, 0.1) is 24.0 Å². The molecule has 0 bridgehead atoms. The first kappa shape index (κ1) is 19.2. The molecule has 0 radical (unpaired) electrons. The van der Waals surface area contributed by atoms with Crippen LogP contribution in [0.2, 0.25) is 0 Å². The monoisotopic (exact) mass is 412 g/mol. The lowest BCUT2D eigenvalue weighted by Crippen LogP contribution is -2.37. The van der Waals surface area contributed by atoms with Gasteiger partial charge < -0.3 is 19.5 Å². The molecule has 0 saturated carbocycles. The van der Waals surface area contributed by atoms with E-state index in [9.17, 15) is 4.79 Å². The smallest absolute Gasteiger partial charge is 0.253 e. The molecule has 1 amide bonds. The molecule has 4 aromatic rings. The minimum atomic E-state index is 0.0390. The van der Waals surface area contributed by atoms with E-state index >= 15 is 0 Å². The highest BCUT2D eigenvalue weighted by atomic mass is 16.5.